The van der Waals surface area contributed by atoms with Crippen LogP contribution < -0.4 is 0 Å². The first-order chi connectivity index (χ1) is 23.3. The van der Waals surface area contributed by atoms with Crippen molar-refractivity contribution >= 4 is 32.7 Å². The summed E-state index contributed by atoms with van der Waals surface area (Å²) in [6, 6.07) is 56.3. The number of aromatic nitrogens is 3. The van der Waals surface area contributed by atoms with Crippen molar-refractivity contribution in [1.29, 1.82) is 0 Å². The monoisotopic (exact) mass is 601 g/mol. The van der Waals surface area contributed by atoms with Crippen molar-refractivity contribution in [2.45, 2.75) is 0 Å². The van der Waals surface area contributed by atoms with Gasteiger partial charge in [0.05, 0.1) is 0 Å². The summed E-state index contributed by atoms with van der Waals surface area (Å²) in [4.78, 5) is 15.6. The van der Waals surface area contributed by atoms with Gasteiger partial charge in [-0.25, -0.2) is 15.0 Å². The van der Waals surface area contributed by atoms with Gasteiger partial charge in [0.2, 0.25) is 0 Å². The fraction of sp³-hybridized carbons (Fsp3) is 0. The topological polar surface area (TPSA) is 51.8 Å². The van der Waals surface area contributed by atoms with Gasteiger partial charge >= 0.3 is 0 Å². The Morgan fingerprint density at radius 3 is 1.74 bits per heavy atom. The molecular weight excluding hydrogens is 574 g/mol. The first kappa shape index (κ1) is 27.0. The number of para-hydroxylation sites is 1. The van der Waals surface area contributed by atoms with E-state index in [0.29, 0.717) is 17.5 Å². The number of hydrogen-bond donors (Lipinski definition) is 0. The average molecular weight is 602 g/mol. The third kappa shape index (κ3) is 4.75. The van der Waals surface area contributed by atoms with Crippen LogP contribution in [0.1, 0.15) is 0 Å². The Morgan fingerprint density at radius 1 is 0.340 bits per heavy atom. The van der Waals surface area contributed by atoms with Crippen molar-refractivity contribution in [1.82, 2.24) is 15.0 Å². The first-order valence-electron chi connectivity index (χ1n) is 15.7. The molecule has 47 heavy (non-hydrogen) atoms. The van der Waals surface area contributed by atoms with E-state index in [-0.39, 0.29) is 0 Å². The molecule has 0 atom stereocenters. The second-order valence-electron chi connectivity index (χ2n) is 11.6. The zero-order valence-corrected chi connectivity index (χ0v) is 25.3. The lowest BCUT2D eigenvalue weighted by Gasteiger charge is -2.14. The number of hydrogen-bond acceptors (Lipinski definition) is 4. The van der Waals surface area contributed by atoms with Crippen LogP contribution >= 0.6 is 0 Å². The van der Waals surface area contributed by atoms with Crippen molar-refractivity contribution < 1.29 is 4.42 Å². The predicted octanol–water partition coefficient (Wildman–Crippen LogP) is 11.3. The van der Waals surface area contributed by atoms with E-state index < -0.39 is 0 Å². The smallest absolute Gasteiger partial charge is 0.165 e. The van der Waals surface area contributed by atoms with E-state index >= 15 is 0 Å². The molecule has 9 rings (SSSR count). The number of fused-ring (bicyclic) bond motifs is 4. The highest BCUT2D eigenvalue weighted by Gasteiger charge is 2.22. The minimum absolute atomic E-state index is 0.598. The van der Waals surface area contributed by atoms with Gasteiger partial charge in [-0.3, -0.25) is 0 Å². The SMILES string of the molecule is c1ccc(-c2ccc(-c3ccc4oc5ccccc5c4c3-c3nc(-c4ccccc4)nc(-c4cccc5ccccc45)n3)cc2)cc1. The molecule has 220 valence electrons. The molecule has 0 N–H and O–H groups in total. The molecule has 0 unspecified atom stereocenters. The van der Waals surface area contributed by atoms with E-state index in [1.807, 2.05) is 54.6 Å². The molecule has 2 heterocycles. The lowest BCUT2D eigenvalue weighted by atomic mass is 9.93. The van der Waals surface area contributed by atoms with Gasteiger partial charge in [-0.1, -0.05) is 146 Å². The lowest BCUT2D eigenvalue weighted by Crippen LogP contribution is -2.02. The zero-order valence-electron chi connectivity index (χ0n) is 25.3. The van der Waals surface area contributed by atoms with E-state index in [0.717, 1.165) is 66.1 Å². The van der Waals surface area contributed by atoms with Gasteiger partial charge in [0.25, 0.3) is 0 Å². The third-order valence-electron chi connectivity index (χ3n) is 8.77. The maximum absolute atomic E-state index is 6.40. The third-order valence-corrected chi connectivity index (χ3v) is 8.77. The van der Waals surface area contributed by atoms with Crippen LogP contribution in [0.25, 0.3) is 89.1 Å². The molecule has 4 heteroatoms. The summed E-state index contributed by atoms with van der Waals surface area (Å²) in [5, 5.41) is 4.23. The van der Waals surface area contributed by atoms with Gasteiger partial charge in [-0.2, -0.15) is 0 Å². The van der Waals surface area contributed by atoms with Crippen molar-refractivity contribution in [2.24, 2.45) is 0 Å². The molecule has 0 fully saturated rings. The normalized spacial score (nSPS) is 11.4. The molecule has 0 aliphatic rings. The van der Waals surface area contributed by atoms with Crippen LogP contribution in [0.3, 0.4) is 0 Å². The average Bonchev–Trinajstić information content (AvgIpc) is 3.54. The molecule has 0 aliphatic heterocycles. The molecule has 4 nitrogen and oxygen atoms in total. The maximum Gasteiger partial charge on any atom is 0.165 e. The molecule has 7 aromatic carbocycles. The minimum atomic E-state index is 0.598. The predicted molar refractivity (Wildman–Crippen MR) is 192 cm³/mol. The van der Waals surface area contributed by atoms with Gasteiger partial charge in [0, 0.05) is 27.5 Å². The van der Waals surface area contributed by atoms with Crippen LogP contribution in [0.4, 0.5) is 0 Å². The maximum atomic E-state index is 6.40. The van der Waals surface area contributed by atoms with Crippen LogP contribution in [0.2, 0.25) is 0 Å². The molecule has 2 aromatic heterocycles. The van der Waals surface area contributed by atoms with Crippen molar-refractivity contribution in [3.8, 4) is 56.4 Å². The van der Waals surface area contributed by atoms with E-state index in [4.69, 9.17) is 19.4 Å². The fourth-order valence-electron chi connectivity index (χ4n) is 6.51. The minimum Gasteiger partial charge on any atom is -0.456 e. The van der Waals surface area contributed by atoms with Gasteiger partial charge in [-0.05, 0) is 51.2 Å². The number of benzene rings is 7. The Bertz CT molecular complexity index is 2550. The molecule has 0 amide bonds. The number of rotatable bonds is 5. The van der Waals surface area contributed by atoms with Crippen molar-refractivity contribution in [3.05, 3.63) is 164 Å². The van der Waals surface area contributed by atoms with Gasteiger partial charge in [-0.15, -0.1) is 0 Å². The Kier molecular flexibility index (Phi) is 6.43. The molecule has 0 radical (unpaired) electrons. The molecule has 9 aromatic rings. The molecule has 0 spiro atoms. The van der Waals surface area contributed by atoms with Gasteiger partial charge in [0.1, 0.15) is 11.2 Å². The van der Waals surface area contributed by atoms with Crippen LogP contribution in [-0.4, -0.2) is 15.0 Å². The Hall–Kier alpha value is -6.39. The van der Waals surface area contributed by atoms with Crippen LogP contribution in [0.15, 0.2) is 168 Å². The van der Waals surface area contributed by atoms with Gasteiger partial charge < -0.3 is 4.42 Å². The molecule has 0 saturated heterocycles. The zero-order chi connectivity index (χ0) is 31.2. The molecule has 0 aliphatic carbocycles. The highest BCUT2D eigenvalue weighted by molar-refractivity contribution is 6.15. The highest BCUT2D eigenvalue weighted by Crippen LogP contribution is 2.43. The van der Waals surface area contributed by atoms with Crippen LogP contribution in [0.5, 0.6) is 0 Å². The summed E-state index contributed by atoms with van der Waals surface area (Å²) in [6.45, 7) is 0. The Labute approximate surface area is 271 Å². The highest BCUT2D eigenvalue weighted by atomic mass is 16.3. The van der Waals surface area contributed by atoms with Crippen molar-refractivity contribution in [2.75, 3.05) is 0 Å². The lowest BCUT2D eigenvalue weighted by molar-refractivity contribution is 0.669. The van der Waals surface area contributed by atoms with E-state index in [1.54, 1.807) is 0 Å². The summed E-state index contributed by atoms with van der Waals surface area (Å²) in [5.74, 6) is 1.84. The second-order valence-corrected chi connectivity index (χ2v) is 11.6. The van der Waals surface area contributed by atoms with E-state index in [9.17, 15) is 0 Å². The standard InChI is InChI=1S/C43H27N3O/c1-3-12-28(13-4-1)29-22-24-31(25-23-29)34-26-27-38-39(36-19-9-10-21-37(36)47-38)40(34)43-45-41(32-15-5-2-6-16-32)44-42(46-43)35-20-11-17-30-14-7-8-18-33(30)35/h1-27H. The van der Waals surface area contributed by atoms with Crippen LogP contribution in [0, 0.1) is 0 Å². The summed E-state index contributed by atoms with van der Waals surface area (Å²) in [7, 11) is 0. The summed E-state index contributed by atoms with van der Waals surface area (Å²) in [6.07, 6.45) is 0. The largest absolute Gasteiger partial charge is 0.456 e. The Balaban J connectivity index is 1.34. The quantitative estimate of drug-likeness (QED) is 0.197. The summed E-state index contributed by atoms with van der Waals surface area (Å²) < 4.78 is 6.40. The molecule has 0 saturated carbocycles. The first-order valence-corrected chi connectivity index (χ1v) is 15.7. The fourth-order valence-corrected chi connectivity index (χ4v) is 6.51. The van der Waals surface area contributed by atoms with E-state index in [2.05, 4.69) is 109 Å². The number of nitrogens with zero attached hydrogens (tertiary/aromatic N) is 3. The Morgan fingerprint density at radius 2 is 0.936 bits per heavy atom. The second kappa shape index (κ2) is 11.2. The molecular formula is C43H27N3O. The van der Waals surface area contributed by atoms with E-state index in [1.165, 1.54) is 5.56 Å². The molecule has 0 bridgehead atoms. The summed E-state index contributed by atoms with van der Waals surface area (Å²) in [5.41, 5.74) is 8.86. The van der Waals surface area contributed by atoms with Crippen molar-refractivity contribution in [3.63, 3.8) is 0 Å². The van der Waals surface area contributed by atoms with Crippen LogP contribution in [-0.2, 0) is 0 Å². The van der Waals surface area contributed by atoms with Gasteiger partial charge in [0.15, 0.2) is 17.5 Å². The summed E-state index contributed by atoms with van der Waals surface area (Å²) >= 11 is 0. The number of furan rings is 1.